The van der Waals surface area contributed by atoms with Crippen molar-refractivity contribution >= 4 is 17.6 Å². The van der Waals surface area contributed by atoms with Crippen LogP contribution in [0.4, 0.5) is 5.69 Å². The summed E-state index contributed by atoms with van der Waals surface area (Å²) in [5.41, 5.74) is -0.281. The molecule has 0 radical (unpaired) electrons. The second-order valence-corrected chi connectivity index (χ2v) is 5.69. The molecule has 1 aliphatic heterocycles. The number of carbonyl (C=O) groups is 2. The highest BCUT2D eigenvalue weighted by Crippen LogP contribution is 2.32. The molecular formula is C15H17NO11. The minimum atomic E-state index is -1.92. The van der Waals surface area contributed by atoms with E-state index in [0.29, 0.717) is 0 Å². The summed E-state index contributed by atoms with van der Waals surface area (Å²) < 4.78 is 14.8. The van der Waals surface area contributed by atoms with Crippen molar-refractivity contribution in [2.75, 3.05) is 0 Å². The fourth-order valence-electron chi connectivity index (χ4n) is 2.35. The third kappa shape index (κ3) is 4.68. The monoisotopic (exact) mass is 387 g/mol. The van der Waals surface area contributed by atoms with Crippen LogP contribution in [0.2, 0.25) is 0 Å². The Labute approximate surface area is 151 Å². The van der Waals surface area contributed by atoms with Gasteiger partial charge in [0.15, 0.2) is 11.9 Å². The summed E-state index contributed by atoms with van der Waals surface area (Å²) in [6, 6.07) is 3.55. The van der Waals surface area contributed by atoms with Crippen molar-refractivity contribution in [1.82, 2.24) is 0 Å². The van der Waals surface area contributed by atoms with Gasteiger partial charge in [-0.05, 0) is 11.6 Å². The van der Waals surface area contributed by atoms with E-state index in [0.717, 1.165) is 12.1 Å². The van der Waals surface area contributed by atoms with E-state index < -0.39 is 53.3 Å². The molecule has 0 amide bonds. The molecule has 1 fully saturated rings. The van der Waals surface area contributed by atoms with Gasteiger partial charge in [0.25, 0.3) is 0 Å². The molecule has 0 aliphatic carbocycles. The number of carboxylic acid groups (broad SMARTS) is 1. The lowest BCUT2D eigenvalue weighted by Gasteiger charge is -2.38. The number of carbonyl (C=O) groups excluding carboxylic acids is 1. The minimum Gasteiger partial charge on any atom is -0.479 e. The summed E-state index contributed by atoms with van der Waals surface area (Å²) in [4.78, 5) is 32.4. The largest absolute Gasteiger partial charge is 0.479 e. The van der Waals surface area contributed by atoms with Crippen molar-refractivity contribution in [1.29, 1.82) is 0 Å². The van der Waals surface area contributed by atoms with Crippen molar-refractivity contribution in [3.63, 3.8) is 0 Å². The van der Waals surface area contributed by atoms with Crippen LogP contribution < -0.4 is 4.74 Å². The molecule has 5 unspecified atom stereocenters. The number of benzene rings is 1. The third-order valence-electron chi connectivity index (χ3n) is 3.72. The van der Waals surface area contributed by atoms with E-state index in [1.807, 2.05) is 0 Å². The molecule has 12 nitrogen and oxygen atoms in total. The summed E-state index contributed by atoms with van der Waals surface area (Å²) in [6.07, 6.45) is -9.39. The van der Waals surface area contributed by atoms with Crippen LogP contribution in [0.5, 0.6) is 5.75 Å². The van der Waals surface area contributed by atoms with Crippen molar-refractivity contribution in [3.8, 4) is 5.75 Å². The van der Waals surface area contributed by atoms with Gasteiger partial charge in [0.05, 0.1) is 4.92 Å². The highest BCUT2D eigenvalue weighted by atomic mass is 16.7. The van der Waals surface area contributed by atoms with Crippen molar-refractivity contribution in [3.05, 3.63) is 33.9 Å². The Morgan fingerprint density at radius 3 is 2.44 bits per heavy atom. The van der Waals surface area contributed by atoms with Gasteiger partial charge >= 0.3 is 17.6 Å². The van der Waals surface area contributed by atoms with Gasteiger partial charge < -0.3 is 34.6 Å². The number of hydrogen-bond donors (Lipinski definition) is 4. The number of nitro benzene ring substituents is 1. The highest BCUT2D eigenvalue weighted by molar-refractivity contribution is 5.73. The van der Waals surface area contributed by atoms with Gasteiger partial charge in [0.2, 0.25) is 6.29 Å². The molecule has 148 valence electrons. The molecule has 1 heterocycles. The molecule has 4 N–H and O–H groups in total. The van der Waals surface area contributed by atoms with Gasteiger partial charge in [-0.3, -0.25) is 14.9 Å². The molecule has 0 aromatic heterocycles. The van der Waals surface area contributed by atoms with Gasteiger partial charge in [-0.2, -0.15) is 0 Å². The van der Waals surface area contributed by atoms with Gasteiger partial charge in [0.1, 0.15) is 24.9 Å². The van der Waals surface area contributed by atoms with Crippen LogP contribution in [-0.4, -0.2) is 68.0 Å². The maximum Gasteiger partial charge on any atom is 0.335 e. The average Bonchev–Trinajstić information content (AvgIpc) is 2.60. The first-order chi connectivity index (χ1) is 12.6. The maximum absolute atomic E-state index is 11.3. The number of esters is 1. The zero-order chi connectivity index (χ0) is 20.3. The van der Waals surface area contributed by atoms with Gasteiger partial charge in [-0.1, -0.05) is 6.07 Å². The summed E-state index contributed by atoms with van der Waals surface area (Å²) in [5, 5.41) is 49.5. The standard InChI is InChI=1S/C15H17NO11/c1-6(17)25-5-7-2-3-9(8(4-7)16(23)24)26-15-12(20)10(18)11(19)13(27-15)14(21)22/h2-4,10-13,15,18-20H,5H2,1H3,(H,21,22). The van der Waals surface area contributed by atoms with E-state index in [2.05, 4.69) is 0 Å². The predicted molar refractivity (Wildman–Crippen MR) is 83.5 cm³/mol. The smallest absolute Gasteiger partial charge is 0.335 e. The topological polar surface area (TPSA) is 186 Å². The SMILES string of the molecule is CC(=O)OCc1ccc(OC2OC(C(=O)O)C(O)C(O)C2O)c([N+](=O)[O-])c1. The average molecular weight is 387 g/mol. The molecule has 2 rings (SSSR count). The van der Waals surface area contributed by atoms with Crippen molar-refractivity contribution in [2.45, 2.75) is 44.2 Å². The Balaban J connectivity index is 2.25. The first kappa shape index (κ1) is 20.5. The van der Waals surface area contributed by atoms with Crippen LogP contribution in [0.15, 0.2) is 18.2 Å². The zero-order valence-electron chi connectivity index (χ0n) is 13.9. The summed E-state index contributed by atoms with van der Waals surface area (Å²) in [5.74, 6) is -2.58. The molecule has 1 aliphatic rings. The first-order valence-corrected chi connectivity index (χ1v) is 7.61. The molecule has 0 bridgehead atoms. The second-order valence-electron chi connectivity index (χ2n) is 5.69. The number of hydrogen-bond acceptors (Lipinski definition) is 10. The Morgan fingerprint density at radius 1 is 1.22 bits per heavy atom. The number of aliphatic hydroxyl groups is 3. The third-order valence-corrected chi connectivity index (χ3v) is 3.72. The summed E-state index contributed by atoms with van der Waals surface area (Å²) in [6.45, 7) is 0.956. The van der Waals surface area contributed by atoms with Crippen LogP contribution in [-0.2, 0) is 25.7 Å². The van der Waals surface area contributed by atoms with Gasteiger partial charge in [0, 0.05) is 13.0 Å². The second kappa shape index (κ2) is 8.26. The van der Waals surface area contributed by atoms with Crippen molar-refractivity contribution < 1.29 is 49.1 Å². The van der Waals surface area contributed by atoms with Gasteiger partial charge in [-0.25, -0.2) is 4.79 Å². The minimum absolute atomic E-state index is 0.217. The Morgan fingerprint density at radius 2 is 1.89 bits per heavy atom. The van der Waals surface area contributed by atoms with Crippen LogP contribution >= 0.6 is 0 Å². The molecule has 0 saturated carbocycles. The van der Waals surface area contributed by atoms with E-state index in [4.69, 9.17) is 19.3 Å². The van der Waals surface area contributed by atoms with E-state index in [9.17, 15) is 35.0 Å². The molecular weight excluding hydrogens is 370 g/mol. The Kier molecular flexibility index (Phi) is 6.28. The molecule has 12 heteroatoms. The van der Waals surface area contributed by atoms with Crippen molar-refractivity contribution in [2.24, 2.45) is 0 Å². The fraction of sp³-hybridized carbons (Fsp3) is 0.467. The lowest BCUT2D eigenvalue weighted by molar-refractivity contribution is -0.387. The summed E-state index contributed by atoms with van der Waals surface area (Å²) >= 11 is 0. The van der Waals surface area contributed by atoms with Crippen LogP contribution in [0.1, 0.15) is 12.5 Å². The Bertz CT molecular complexity index is 736. The van der Waals surface area contributed by atoms with E-state index in [-0.39, 0.29) is 17.9 Å². The molecule has 0 spiro atoms. The van der Waals surface area contributed by atoms with Gasteiger partial charge in [-0.15, -0.1) is 0 Å². The molecule has 5 atom stereocenters. The van der Waals surface area contributed by atoms with E-state index in [1.54, 1.807) is 0 Å². The predicted octanol–water partition coefficient (Wildman–Crippen LogP) is -1.07. The van der Waals surface area contributed by atoms with Crippen LogP contribution in [0.25, 0.3) is 0 Å². The number of aliphatic carboxylic acids is 1. The lowest BCUT2D eigenvalue weighted by Crippen LogP contribution is -2.61. The first-order valence-electron chi connectivity index (χ1n) is 7.61. The molecule has 27 heavy (non-hydrogen) atoms. The maximum atomic E-state index is 11.3. The number of nitrogens with zero attached hydrogens (tertiary/aromatic N) is 1. The number of nitro groups is 1. The Hall–Kier alpha value is -2.80. The fourth-order valence-corrected chi connectivity index (χ4v) is 2.35. The van der Waals surface area contributed by atoms with E-state index >= 15 is 0 Å². The number of carboxylic acids is 1. The normalized spacial score (nSPS) is 27.6. The zero-order valence-corrected chi connectivity index (χ0v) is 13.9. The number of aliphatic hydroxyl groups excluding tert-OH is 3. The van der Waals surface area contributed by atoms with Crippen LogP contribution in [0.3, 0.4) is 0 Å². The number of ether oxygens (including phenoxy) is 3. The summed E-state index contributed by atoms with van der Waals surface area (Å²) in [7, 11) is 0. The highest BCUT2D eigenvalue weighted by Gasteiger charge is 2.48. The lowest BCUT2D eigenvalue weighted by atomic mass is 9.99. The van der Waals surface area contributed by atoms with Crippen LogP contribution in [0, 0.1) is 10.1 Å². The van der Waals surface area contributed by atoms with E-state index in [1.165, 1.54) is 13.0 Å². The number of rotatable bonds is 6. The molecule has 1 aromatic carbocycles. The molecule has 1 saturated heterocycles. The molecule has 1 aromatic rings. The quantitative estimate of drug-likeness (QED) is 0.264.